The van der Waals surface area contributed by atoms with E-state index in [1.165, 1.54) is 0 Å². The lowest BCUT2D eigenvalue weighted by atomic mass is 10.1. The van der Waals surface area contributed by atoms with Crippen molar-refractivity contribution in [2.45, 2.75) is 19.8 Å². The Balaban J connectivity index is 3.05. The highest BCUT2D eigenvalue weighted by atomic mass is 79.9. The number of rotatable bonds is 3. The first-order chi connectivity index (χ1) is 7.60. The van der Waals surface area contributed by atoms with Crippen molar-refractivity contribution in [3.05, 3.63) is 28.0 Å². The van der Waals surface area contributed by atoms with Gasteiger partial charge in [0.05, 0.1) is 18.4 Å². The number of halogens is 1. The van der Waals surface area contributed by atoms with Crippen LogP contribution in [0, 0.1) is 18.3 Å². The van der Waals surface area contributed by atoms with Crippen LogP contribution in [0.4, 0.5) is 0 Å². The number of nitrogens with zero attached hydrogens (tertiary/aromatic N) is 2. The largest absolute Gasteiger partial charge is 0.465 e. The Labute approximate surface area is 102 Å². The molecule has 0 radical (unpaired) electrons. The second-order valence-electron chi connectivity index (χ2n) is 3.19. The summed E-state index contributed by atoms with van der Waals surface area (Å²) in [5, 5.41) is 8.96. The lowest BCUT2D eigenvalue weighted by Gasteiger charge is -2.09. The highest BCUT2D eigenvalue weighted by Crippen LogP contribution is 2.24. The van der Waals surface area contributed by atoms with Gasteiger partial charge < -0.3 is 4.74 Å². The van der Waals surface area contributed by atoms with Gasteiger partial charge in [0.1, 0.15) is 0 Å². The molecule has 1 aromatic rings. The van der Waals surface area contributed by atoms with Crippen LogP contribution in [0.3, 0.4) is 0 Å². The second-order valence-corrected chi connectivity index (χ2v) is 4.05. The van der Waals surface area contributed by atoms with Crippen molar-refractivity contribution in [3.63, 3.8) is 0 Å². The molecule has 0 spiro atoms. The van der Waals surface area contributed by atoms with Crippen LogP contribution in [0.2, 0.25) is 0 Å². The maximum absolute atomic E-state index is 11.5. The normalized spacial score (nSPS) is 11.6. The molecule has 0 saturated heterocycles. The number of hydrogen-bond acceptors (Lipinski definition) is 4. The predicted molar refractivity (Wildman–Crippen MR) is 61.7 cm³/mol. The van der Waals surface area contributed by atoms with E-state index >= 15 is 0 Å². The van der Waals surface area contributed by atoms with E-state index in [0.29, 0.717) is 10.2 Å². The molecule has 1 unspecified atom stereocenters. The van der Waals surface area contributed by atoms with Crippen LogP contribution < -0.4 is 0 Å². The van der Waals surface area contributed by atoms with Crippen molar-refractivity contribution in [2.24, 2.45) is 0 Å². The molecular weight excluding hydrogens is 272 g/mol. The van der Waals surface area contributed by atoms with E-state index in [2.05, 4.69) is 20.9 Å². The molecule has 84 valence electrons. The molecule has 1 heterocycles. The van der Waals surface area contributed by atoms with E-state index in [0.717, 1.165) is 5.56 Å². The summed E-state index contributed by atoms with van der Waals surface area (Å²) < 4.78 is 5.46. The first-order valence-electron chi connectivity index (χ1n) is 4.78. The van der Waals surface area contributed by atoms with Gasteiger partial charge in [-0.15, -0.1) is 0 Å². The lowest BCUT2D eigenvalue weighted by molar-refractivity contribution is -0.143. The molecule has 0 amide bonds. The Bertz CT molecular complexity index is 440. The van der Waals surface area contributed by atoms with E-state index < -0.39 is 11.9 Å². The van der Waals surface area contributed by atoms with E-state index in [-0.39, 0.29) is 6.61 Å². The molecule has 0 N–H and O–H groups in total. The molecule has 1 aromatic heterocycles. The van der Waals surface area contributed by atoms with Gasteiger partial charge >= 0.3 is 5.97 Å². The number of esters is 1. The van der Waals surface area contributed by atoms with Crippen LogP contribution >= 0.6 is 15.9 Å². The summed E-state index contributed by atoms with van der Waals surface area (Å²) in [6.45, 7) is 3.83. The van der Waals surface area contributed by atoms with Gasteiger partial charge in [0.2, 0.25) is 0 Å². The smallest absolute Gasteiger partial charge is 0.329 e. The fraction of sp³-hybridized carbons (Fsp3) is 0.364. The molecule has 0 aromatic carbocycles. The monoisotopic (exact) mass is 282 g/mol. The molecule has 0 aliphatic carbocycles. The number of nitriles is 1. The Morgan fingerprint density at radius 2 is 2.44 bits per heavy atom. The van der Waals surface area contributed by atoms with E-state index in [9.17, 15) is 4.79 Å². The number of hydrogen-bond donors (Lipinski definition) is 0. The Morgan fingerprint density at radius 1 is 1.75 bits per heavy atom. The van der Waals surface area contributed by atoms with Gasteiger partial charge in [-0.25, -0.2) is 0 Å². The third-order valence-electron chi connectivity index (χ3n) is 1.93. The fourth-order valence-electron chi connectivity index (χ4n) is 1.21. The third kappa shape index (κ3) is 2.80. The molecule has 5 heteroatoms. The Morgan fingerprint density at radius 3 is 2.94 bits per heavy atom. The van der Waals surface area contributed by atoms with Crippen LogP contribution in [0.25, 0.3) is 0 Å². The number of pyridine rings is 1. The third-order valence-corrected chi connectivity index (χ3v) is 2.57. The van der Waals surface area contributed by atoms with Crippen molar-refractivity contribution in [1.82, 2.24) is 4.98 Å². The summed E-state index contributed by atoms with van der Waals surface area (Å²) in [5.41, 5.74) is 1.35. The van der Waals surface area contributed by atoms with Gasteiger partial charge in [-0.3, -0.25) is 9.78 Å². The van der Waals surface area contributed by atoms with Gasteiger partial charge in [-0.1, -0.05) is 0 Å². The van der Waals surface area contributed by atoms with Crippen LogP contribution in [-0.4, -0.2) is 17.6 Å². The van der Waals surface area contributed by atoms with Crippen molar-refractivity contribution in [3.8, 4) is 6.07 Å². The van der Waals surface area contributed by atoms with E-state index in [1.54, 1.807) is 13.1 Å². The van der Waals surface area contributed by atoms with Crippen LogP contribution in [-0.2, 0) is 9.53 Å². The quantitative estimate of drug-likeness (QED) is 0.799. The van der Waals surface area contributed by atoms with Crippen LogP contribution in [0.5, 0.6) is 0 Å². The maximum atomic E-state index is 11.5. The molecule has 0 saturated carbocycles. The van der Waals surface area contributed by atoms with Gasteiger partial charge in [0.15, 0.2) is 5.92 Å². The zero-order valence-corrected chi connectivity index (χ0v) is 10.6. The zero-order valence-electron chi connectivity index (χ0n) is 9.03. The molecular formula is C11H11BrN2O2. The van der Waals surface area contributed by atoms with Gasteiger partial charge in [-0.05, 0) is 41.4 Å². The van der Waals surface area contributed by atoms with Gasteiger partial charge in [0.25, 0.3) is 0 Å². The fourth-order valence-corrected chi connectivity index (χ4v) is 1.90. The standard InChI is InChI=1S/C11H11BrN2O2/c1-3-16-11(15)8(5-13)10-9(12)4-7(2)6-14-10/h4,6,8H,3H2,1-2H3. The number of carbonyl (C=O) groups excluding carboxylic acids is 1. The first kappa shape index (κ1) is 12.7. The van der Waals surface area contributed by atoms with Crippen molar-refractivity contribution in [2.75, 3.05) is 6.61 Å². The van der Waals surface area contributed by atoms with Gasteiger partial charge in [0, 0.05) is 10.7 Å². The minimum absolute atomic E-state index is 0.250. The van der Waals surface area contributed by atoms with Crippen molar-refractivity contribution >= 4 is 21.9 Å². The summed E-state index contributed by atoms with van der Waals surface area (Å²) >= 11 is 3.29. The SMILES string of the molecule is CCOC(=O)C(C#N)c1ncc(C)cc1Br. The first-order valence-corrected chi connectivity index (χ1v) is 5.57. The molecule has 1 atom stereocenters. The molecule has 0 aliphatic rings. The highest BCUT2D eigenvalue weighted by molar-refractivity contribution is 9.10. The van der Waals surface area contributed by atoms with E-state index in [4.69, 9.17) is 10.00 Å². The summed E-state index contributed by atoms with van der Waals surface area (Å²) in [5.74, 6) is -1.54. The second kappa shape index (κ2) is 5.61. The summed E-state index contributed by atoms with van der Waals surface area (Å²) in [4.78, 5) is 15.6. The molecule has 0 fully saturated rings. The van der Waals surface area contributed by atoms with Crippen LogP contribution in [0.15, 0.2) is 16.7 Å². The Kier molecular flexibility index (Phi) is 4.44. The zero-order chi connectivity index (χ0) is 12.1. The summed E-state index contributed by atoms with van der Waals surface area (Å²) in [6, 6.07) is 3.71. The minimum atomic E-state index is -0.977. The summed E-state index contributed by atoms with van der Waals surface area (Å²) in [7, 11) is 0. The number of carbonyl (C=O) groups is 1. The average molecular weight is 283 g/mol. The van der Waals surface area contributed by atoms with Crippen LogP contribution in [0.1, 0.15) is 24.1 Å². The van der Waals surface area contributed by atoms with Gasteiger partial charge in [-0.2, -0.15) is 5.26 Å². The lowest BCUT2D eigenvalue weighted by Crippen LogP contribution is -2.16. The van der Waals surface area contributed by atoms with E-state index in [1.807, 2.05) is 19.1 Å². The molecule has 4 nitrogen and oxygen atoms in total. The topological polar surface area (TPSA) is 63.0 Å². The van der Waals surface area contributed by atoms with Crippen molar-refractivity contribution in [1.29, 1.82) is 5.26 Å². The molecule has 1 rings (SSSR count). The van der Waals surface area contributed by atoms with Crippen molar-refractivity contribution < 1.29 is 9.53 Å². The predicted octanol–water partition coefficient (Wildman–Crippen LogP) is 2.32. The average Bonchev–Trinajstić information content (AvgIpc) is 2.22. The number of aryl methyl sites for hydroxylation is 1. The number of ether oxygens (including phenoxy) is 1. The highest BCUT2D eigenvalue weighted by Gasteiger charge is 2.25. The molecule has 16 heavy (non-hydrogen) atoms. The summed E-state index contributed by atoms with van der Waals surface area (Å²) in [6.07, 6.45) is 1.61. The maximum Gasteiger partial charge on any atom is 0.329 e. The Hall–Kier alpha value is -1.41. The number of aromatic nitrogens is 1. The minimum Gasteiger partial charge on any atom is -0.465 e. The molecule has 0 bridgehead atoms. The molecule has 0 aliphatic heterocycles.